The summed E-state index contributed by atoms with van der Waals surface area (Å²) < 4.78 is 0. The molecule has 1 aliphatic heterocycles. The molecule has 5 amide bonds. The van der Waals surface area contributed by atoms with Crippen LogP contribution in [-0.4, -0.2) is 57.1 Å². The van der Waals surface area contributed by atoms with E-state index in [2.05, 4.69) is 15.8 Å². The quantitative estimate of drug-likeness (QED) is 0.143. The van der Waals surface area contributed by atoms with Gasteiger partial charge in [-0.1, -0.05) is 64.6 Å². The molecule has 0 aromatic heterocycles. The number of carbonyl (C=O) groups excluding carboxylic acids is 3. The van der Waals surface area contributed by atoms with E-state index in [9.17, 15) is 19.6 Å². The number of urea groups is 2. The van der Waals surface area contributed by atoms with Crippen LogP contribution in [0.3, 0.4) is 0 Å². The van der Waals surface area contributed by atoms with Gasteiger partial charge in [-0.2, -0.15) is 10.2 Å². The van der Waals surface area contributed by atoms with Gasteiger partial charge in [0, 0.05) is 21.4 Å². The average molecular weight is 652 g/mol. The van der Waals surface area contributed by atoms with Gasteiger partial charge in [-0.05, 0) is 74.9 Å². The van der Waals surface area contributed by atoms with Gasteiger partial charge in [-0.25, -0.2) is 15.0 Å². The third kappa shape index (κ3) is 6.74. The molecule has 0 spiro atoms. The maximum atomic E-state index is 13.8. The van der Waals surface area contributed by atoms with Gasteiger partial charge in [0.2, 0.25) is 0 Å². The Bertz CT molecular complexity index is 1570. The van der Waals surface area contributed by atoms with Crippen LogP contribution < -0.4 is 15.6 Å². The number of carbonyl (C=O) groups is 3. The Balaban J connectivity index is 1.60. The fourth-order valence-corrected chi connectivity index (χ4v) is 5.14. The SMILES string of the molecule is C/C(=N/NC(=O)CN1C(=O)N(c2cccc(Cl)c2)C(N(O)C(=O)Nc2cccc(Cl)c2)C1(C)C)c1ccc(Cl)c(Cl)c1. The summed E-state index contributed by atoms with van der Waals surface area (Å²) in [5.74, 6) is -0.615. The Morgan fingerprint density at radius 1 is 0.976 bits per heavy atom. The topological polar surface area (TPSA) is 118 Å². The van der Waals surface area contributed by atoms with Gasteiger partial charge in [0.05, 0.1) is 21.3 Å². The van der Waals surface area contributed by atoms with Crippen molar-refractivity contribution in [3.8, 4) is 0 Å². The molecule has 0 saturated carbocycles. The number of hydrogen-bond donors (Lipinski definition) is 3. The van der Waals surface area contributed by atoms with Crippen LogP contribution in [0.1, 0.15) is 26.3 Å². The molecule has 42 heavy (non-hydrogen) atoms. The lowest BCUT2D eigenvalue weighted by Crippen LogP contribution is -2.58. The number of nitrogens with zero attached hydrogens (tertiary/aromatic N) is 4. The second-order valence-corrected chi connectivity index (χ2v) is 11.6. The largest absolute Gasteiger partial charge is 0.347 e. The summed E-state index contributed by atoms with van der Waals surface area (Å²) in [5.41, 5.74) is 2.86. The van der Waals surface area contributed by atoms with Gasteiger partial charge in [-0.3, -0.25) is 14.9 Å². The van der Waals surface area contributed by atoms with Crippen LogP contribution in [0.15, 0.2) is 71.8 Å². The van der Waals surface area contributed by atoms with Crippen LogP contribution in [-0.2, 0) is 4.79 Å². The highest BCUT2D eigenvalue weighted by atomic mass is 35.5. The summed E-state index contributed by atoms with van der Waals surface area (Å²) in [7, 11) is 0. The van der Waals surface area contributed by atoms with Gasteiger partial charge in [0.15, 0.2) is 6.17 Å². The molecular weight excluding hydrogens is 626 g/mol. The molecule has 1 aliphatic rings. The predicted molar refractivity (Wildman–Crippen MR) is 165 cm³/mol. The van der Waals surface area contributed by atoms with Crippen LogP contribution in [0.4, 0.5) is 21.0 Å². The number of hydroxylamine groups is 2. The van der Waals surface area contributed by atoms with E-state index in [1.165, 1.54) is 21.9 Å². The zero-order valence-electron chi connectivity index (χ0n) is 22.6. The van der Waals surface area contributed by atoms with E-state index in [0.29, 0.717) is 47.8 Å². The second-order valence-electron chi connectivity index (χ2n) is 9.89. The predicted octanol–water partition coefficient (Wildman–Crippen LogP) is 7.11. The number of hydrazone groups is 1. The molecule has 4 rings (SSSR count). The fraction of sp³-hybridized carbons (Fsp3) is 0.214. The third-order valence-corrected chi connectivity index (χ3v) is 7.81. The standard InChI is InChI=1S/C28H26Cl4N6O4/c1-16(17-10-11-22(31)23(32)12-17)34-35-24(39)15-36-27(41)37(21-9-5-7-19(30)14-21)25(28(36,2)3)38(42)26(40)33-20-8-4-6-18(29)13-20/h4-14,25,42H,15H2,1-3H3,(H,33,40)(H,35,39)/b34-16-. The maximum absolute atomic E-state index is 13.8. The molecule has 14 heteroatoms. The van der Waals surface area contributed by atoms with Crippen LogP contribution in [0.5, 0.6) is 0 Å². The molecule has 3 aromatic carbocycles. The molecule has 0 radical (unpaired) electrons. The van der Waals surface area contributed by atoms with Gasteiger partial charge in [0.25, 0.3) is 5.91 Å². The van der Waals surface area contributed by atoms with Gasteiger partial charge in [0.1, 0.15) is 6.54 Å². The van der Waals surface area contributed by atoms with Crippen molar-refractivity contribution in [1.29, 1.82) is 0 Å². The van der Waals surface area contributed by atoms with Crippen molar-refractivity contribution in [3.63, 3.8) is 0 Å². The monoisotopic (exact) mass is 650 g/mol. The smallest absolute Gasteiger partial charge is 0.306 e. The van der Waals surface area contributed by atoms with Crippen molar-refractivity contribution < 1.29 is 19.6 Å². The van der Waals surface area contributed by atoms with Crippen molar-refractivity contribution in [3.05, 3.63) is 92.4 Å². The highest BCUT2D eigenvalue weighted by Crippen LogP contribution is 2.38. The summed E-state index contributed by atoms with van der Waals surface area (Å²) in [4.78, 5) is 42.4. The Kier molecular flexibility index (Phi) is 9.54. The Labute approximate surface area is 262 Å². The Morgan fingerprint density at radius 2 is 1.64 bits per heavy atom. The van der Waals surface area contributed by atoms with Gasteiger partial charge in [-0.15, -0.1) is 0 Å². The molecule has 1 atom stereocenters. The summed E-state index contributed by atoms with van der Waals surface area (Å²) >= 11 is 24.3. The van der Waals surface area contributed by atoms with Crippen LogP contribution in [0.25, 0.3) is 0 Å². The fourth-order valence-electron chi connectivity index (χ4n) is 4.46. The van der Waals surface area contributed by atoms with E-state index in [4.69, 9.17) is 46.4 Å². The first-order chi connectivity index (χ1) is 19.8. The van der Waals surface area contributed by atoms with Crippen molar-refractivity contribution >= 4 is 81.5 Å². The zero-order chi connectivity index (χ0) is 30.8. The molecule has 3 aromatic rings. The van der Waals surface area contributed by atoms with E-state index < -0.39 is 36.2 Å². The number of amides is 5. The highest BCUT2D eigenvalue weighted by molar-refractivity contribution is 6.42. The summed E-state index contributed by atoms with van der Waals surface area (Å²) in [6.45, 7) is 4.46. The molecule has 10 nitrogen and oxygen atoms in total. The molecule has 0 aliphatic carbocycles. The highest BCUT2D eigenvalue weighted by Gasteiger charge is 2.56. The van der Waals surface area contributed by atoms with E-state index in [-0.39, 0.29) is 0 Å². The van der Waals surface area contributed by atoms with Crippen molar-refractivity contribution in [2.75, 3.05) is 16.8 Å². The lowest BCUT2D eigenvalue weighted by atomic mass is 9.99. The average Bonchev–Trinajstić information content (AvgIpc) is 3.13. The maximum Gasteiger partial charge on any atom is 0.347 e. The number of benzene rings is 3. The van der Waals surface area contributed by atoms with E-state index in [1.807, 2.05) is 0 Å². The molecule has 1 unspecified atom stereocenters. The molecule has 3 N–H and O–H groups in total. The molecule has 1 heterocycles. The first-order valence-corrected chi connectivity index (χ1v) is 14.0. The van der Waals surface area contributed by atoms with Crippen LogP contribution in [0, 0.1) is 0 Å². The summed E-state index contributed by atoms with van der Waals surface area (Å²) in [6, 6.07) is 16.1. The third-order valence-electron chi connectivity index (χ3n) is 6.60. The molecular formula is C28H26Cl4N6O4. The molecule has 0 bridgehead atoms. The normalized spacial score (nSPS) is 16.4. The van der Waals surface area contributed by atoms with E-state index in [1.54, 1.807) is 75.4 Å². The van der Waals surface area contributed by atoms with Crippen molar-refractivity contribution in [2.45, 2.75) is 32.5 Å². The van der Waals surface area contributed by atoms with Crippen molar-refractivity contribution in [1.82, 2.24) is 15.4 Å². The van der Waals surface area contributed by atoms with Gasteiger partial charge < -0.3 is 10.2 Å². The molecule has 1 saturated heterocycles. The number of rotatable bonds is 7. The number of halogens is 4. The van der Waals surface area contributed by atoms with E-state index in [0.717, 1.165) is 0 Å². The minimum Gasteiger partial charge on any atom is -0.306 e. The van der Waals surface area contributed by atoms with Gasteiger partial charge >= 0.3 is 12.1 Å². The number of nitrogens with one attached hydrogen (secondary N) is 2. The van der Waals surface area contributed by atoms with Crippen molar-refractivity contribution in [2.24, 2.45) is 5.10 Å². The summed E-state index contributed by atoms with van der Waals surface area (Å²) in [5, 5.41) is 19.7. The van der Waals surface area contributed by atoms with E-state index >= 15 is 0 Å². The first kappa shape index (κ1) is 31.4. The number of anilines is 2. The Hall–Kier alpha value is -3.54. The zero-order valence-corrected chi connectivity index (χ0v) is 25.6. The lowest BCUT2D eigenvalue weighted by molar-refractivity contribution is -0.124. The van der Waals surface area contributed by atoms with Crippen LogP contribution in [0.2, 0.25) is 20.1 Å². The first-order valence-electron chi connectivity index (χ1n) is 12.5. The molecule has 220 valence electrons. The minimum absolute atomic E-state index is 0.302. The Morgan fingerprint density at radius 3 is 2.29 bits per heavy atom. The summed E-state index contributed by atoms with van der Waals surface area (Å²) in [6.07, 6.45) is -1.28. The second kappa shape index (κ2) is 12.8. The van der Waals surface area contributed by atoms with Crippen LogP contribution >= 0.6 is 46.4 Å². The lowest BCUT2D eigenvalue weighted by Gasteiger charge is -2.38. The number of hydrogen-bond acceptors (Lipinski definition) is 5. The minimum atomic E-state index is -1.29. The molecule has 1 fully saturated rings.